The maximum absolute atomic E-state index is 11.3. The highest BCUT2D eigenvalue weighted by atomic mass is 16.5. The zero-order valence-corrected chi connectivity index (χ0v) is 12.0. The Morgan fingerprint density at radius 1 is 1.50 bits per heavy atom. The number of carboxylic acid groups (broad SMARTS) is 1. The fourth-order valence-corrected chi connectivity index (χ4v) is 2.08. The third-order valence-electron chi connectivity index (χ3n) is 3.17. The van der Waals surface area contributed by atoms with Gasteiger partial charge in [-0.3, -0.25) is 4.79 Å². The standard InChI is InChI=1S/C16H16O6/c1-21-13-8-12(22-16(20)9-13)5-3-10-2-4-11(7-15(18)19)14(17)6-10/h2-6,9,12,17H,7-8H2,1H3,(H,18,19)/b5-3+. The number of carbonyl (C=O) groups is 2. The van der Waals surface area contributed by atoms with Crippen LogP contribution in [0.2, 0.25) is 0 Å². The normalized spacial score (nSPS) is 18.0. The van der Waals surface area contributed by atoms with Crippen LogP contribution in [0.4, 0.5) is 0 Å². The second-order valence-corrected chi connectivity index (χ2v) is 4.81. The molecule has 6 nitrogen and oxygen atoms in total. The van der Waals surface area contributed by atoms with Crippen LogP contribution in [0.15, 0.2) is 36.1 Å². The molecule has 0 spiro atoms. The van der Waals surface area contributed by atoms with E-state index in [0.717, 1.165) is 0 Å². The summed E-state index contributed by atoms with van der Waals surface area (Å²) in [5.41, 5.74) is 1.02. The van der Waals surface area contributed by atoms with Gasteiger partial charge in [-0.05, 0) is 17.7 Å². The summed E-state index contributed by atoms with van der Waals surface area (Å²) in [7, 11) is 1.49. The van der Waals surface area contributed by atoms with E-state index in [1.165, 1.54) is 19.3 Å². The highest BCUT2D eigenvalue weighted by molar-refractivity contribution is 5.83. The largest absolute Gasteiger partial charge is 0.508 e. The lowest BCUT2D eigenvalue weighted by Gasteiger charge is -2.19. The Bertz CT molecular complexity index is 644. The van der Waals surface area contributed by atoms with Crippen LogP contribution < -0.4 is 0 Å². The van der Waals surface area contributed by atoms with Gasteiger partial charge in [0, 0.05) is 12.0 Å². The first-order valence-corrected chi connectivity index (χ1v) is 6.65. The molecule has 2 N–H and O–H groups in total. The highest BCUT2D eigenvalue weighted by Gasteiger charge is 2.19. The second kappa shape index (κ2) is 6.80. The summed E-state index contributed by atoms with van der Waals surface area (Å²) in [6.07, 6.45) is 4.46. The summed E-state index contributed by atoms with van der Waals surface area (Å²) in [6, 6.07) is 4.70. The first kappa shape index (κ1) is 15.6. The summed E-state index contributed by atoms with van der Waals surface area (Å²) in [5, 5.41) is 18.5. The number of phenols is 1. The van der Waals surface area contributed by atoms with Gasteiger partial charge in [-0.2, -0.15) is 0 Å². The number of aromatic hydroxyl groups is 1. The number of ether oxygens (including phenoxy) is 2. The molecule has 0 saturated heterocycles. The van der Waals surface area contributed by atoms with Crippen molar-refractivity contribution in [2.75, 3.05) is 7.11 Å². The molecular formula is C16H16O6. The molecule has 0 fully saturated rings. The minimum Gasteiger partial charge on any atom is -0.508 e. The van der Waals surface area contributed by atoms with E-state index in [1.54, 1.807) is 24.3 Å². The highest BCUT2D eigenvalue weighted by Crippen LogP contribution is 2.22. The maximum atomic E-state index is 11.3. The van der Waals surface area contributed by atoms with Gasteiger partial charge in [0.2, 0.25) is 0 Å². The van der Waals surface area contributed by atoms with E-state index in [-0.39, 0.29) is 12.2 Å². The molecule has 116 valence electrons. The van der Waals surface area contributed by atoms with Crippen molar-refractivity contribution in [2.45, 2.75) is 18.9 Å². The van der Waals surface area contributed by atoms with Gasteiger partial charge in [0.1, 0.15) is 17.6 Å². The molecule has 0 aliphatic carbocycles. The Kier molecular flexibility index (Phi) is 4.83. The number of cyclic esters (lactones) is 1. The SMILES string of the molecule is COC1=CC(=O)OC(/C=C/c2ccc(CC(=O)O)c(O)c2)C1. The third kappa shape index (κ3) is 4.12. The van der Waals surface area contributed by atoms with Crippen LogP contribution in [0.1, 0.15) is 17.5 Å². The molecule has 1 aromatic rings. The molecule has 2 rings (SSSR count). The molecule has 6 heteroatoms. The number of carboxylic acids is 1. The van der Waals surface area contributed by atoms with Gasteiger partial charge in [-0.1, -0.05) is 18.2 Å². The average molecular weight is 304 g/mol. The Balaban J connectivity index is 2.07. The Hall–Kier alpha value is -2.76. The molecule has 1 unspecified atom stereocenters. The molecule has 1 heterocycles. The van der Waals surface area contributed by atoms with Gasteiger partial charge in [0.05, 0.1) is 19.6 Å². The summed E-state index contributed by atoms with van der Waals surface area (Å²) >= 11 is 0. The fourth-order valence-electron chi connectivity index (χ4n) is 2.08. The minimum atomic E-state index is -1.01. The molecule has 0 amide bonds. The fraction of sp³-hybridized carbons (Fsp3) is 0.250. The van der Waals surface area contributed by atoms with Crippen LogP contribution >= 0.6 is 0 Å². The zero-order chi connectivity index (χ0) is 16.1. The maximum Gasteiger partial charge on any atom is 0.334 e. The van der Waals surface area contributed by atoms with Crippen LogP contribution in [0.5, 0.6) is 5.75 Å². The van der Waals surface area contributed by atoms with E-state index in [1.807, 2.05) is 0 Å². The molecule has 22 heavy (non-hydrogen) atoms. The molecule has 0 radical (unpaired) electrons. The van der Waals surface area contributed by atoms with E-state index >= 15 is 0 Å². The second-order valence-electron chi connectivity index (χ2n) is 4.81. The van der Waals surface area contributed by atoms with Gasteiger partial charge in [0.25, 0.3) is 0 Å². The van der Waals surface area contributed by atoms with E-state index < -0.39 is 18.0 Å². The number of rotatable bonds is 5. The van der Waals surface area contributed by atoms with Crippen molar-refractivity contribution in [1.29, 1.82) is 0 Å². The summed E-state index contributed by atoms with van der Waals surface area (Å²) in [6.45, 7) is 0. The number of hydrogen-bond donors (Lipinski definition) is 2. The Morgan fingerprint density at radius 2 is 2.27 bits per heavy atom. The Morgan fingerprint density at radius 3 is 2.91 bits per heavy atom. The van der Waals surface area contributed by atoms with Crippen LogP contribution in [-0.2, 0) is 25.5 Å². The number of aliphatic carboxylic acids is 1. The van der Waals surface area contributed by atoms with Gasteiger partial charge in [-0.25, -0.2) is 4.79 Å². The predicted octanol–water partition coefficient (Wildman–Crippen LogP) is 1.88. The smallest absolute Gasteiger partial charge is 0.334 e. The first-order chi connectivity index (χ1) is 10.5. The number of benzene rings is 1. The summed E-state index contributed by atoms with van der Waals surface area (Å²) in [4.78, 5) is 22.0. The number of esters is 1. The van der Waals surface area contributed by atoms with Gasteiger partial charge in [-0.15, -0.1) is 0 Å². The number of methoxy groups -OCH3 is 1. The van der Waals surface area contributed by atoms with Crippen molar-refractivity contribution in [3.8, 4) is 5.75 Å². The number of carbonyl (C=O) groups excluding carboxylic acids is 1. The van der Waals surface area contributed by atoms with E-state index in [2.05, 4.69) is 0 Å². The van der Waals surface area contributed by atoms with E-state index in [9.17, 15) is 14.7 Å². The Labute approximate surface area is 127 Å². The molecule has 0 aromatic heterocycles. The van der Waals surface area contributed by atoms with Crippen molar-refractivity contribution in [2.24, 2.45) is 0 Å². The molecule has 1 aliphatic heterocycles. The van der Waals surface area contributed by atoms with Gasteiger partial charge < -0.3 is 19.7 Å². The summed E-state index contributed by atoms with van der Waals surface area (Å²) < 4.78 is 10.2. The van der Waals surface area contributed by atoms with Crippen molar-refractivity contribution in [3.05, 3.63) is 47.2 Å². The lowest BCUT2D eigenvalue weighted by atomic mass is 10.1. The van der Waals surface area contributed by atoms with E-state index in [4.69, 9.17) is 14.6 Å². The monoisotopic (exact) mass is 304 g/mol. The van der Waals surface area contributed by atoms with Crippen LogP contribution in [-0.4, -0.2) is 35.4 Å². The average Bonchev–Trinajstić information content (AvgIpc) is 2.46. The molecule has 0 bridgehead atoms. The van der Waals surface area contributed by atoms with E-state index in [0.29, 0.717) is 23.3 Å². The first-order valence-electron chi connectivity index (χ1n) is 6.65. The molecule has 1 atom stereocenters. The molecule has 1 aromatic carbocycles. The topological polar surface area (TPSA) is 93.1 Å². The van der Waals surface area contributed by atoms with Crippen molar-refractivity contribution < 1.29 is 29.3 Å². The zero-order valence-electron chi connectivity index (χ0n) is 12.0. The molecule has 1 aliphatic rings. The quantitative estimate of drug-likeness (QED) is 0.807. The third-order valence-corrected chi connectivity index (χ3v) is 3.17. The molecular weight excluding hydrogens is 288 g/mol. The van der Waals surface area contributed by atoms with Gasteiger partial charge in [0.15, 0.2) is 0 Å². The van der Waals surface area contributed by atoms with Crippen LogP contribution in [0.3, 0.4) is 0 Å². The molecule has 0 saturated carbocycles. The lowest BCUT2D eigenvalue weighted by molar-refractivity contribution is -0.142. The van der Waals surface area contributed by atoms with Crippen molar-refractivity contribution >= 4 is 18.0 Å². The van der Waals surface area contributed by atoms with Crippen LogP contribution in [0.25, 0.3) is 6.08 Å². The lowest BCUT2D eigenvalue weighted by Crippen LogP contribution is -2.21. The minimum absolute atomic E-state index is 0.0809. The van der Waals surface area contributed by atoms with Crippen molar-refractivity contribution in [1.82, 2.24) is 0 Å². The van der Waals surface area contributed by atoms with Crippen LogP contribution in [0, 0.1) is 0 Å². The number of phenolic OH excluding ortho intramolecular Hbond substituents is 1. The number of hydrogen-bond acceptors (Lipinski definition) is 5. The summed E-state index contributed by atoms with van der Waals surface area (Å²) in [5.74, 6) is -1.00. The van der Waals surface area contributed by atoms with Crippen molar-refractivity contribution in [3.63, 3.8) is 0 Å². The van der Waals surface area contributed by atoms with Gasteiger partial charge >= 0.3 is 11.9 Å². The predicted molar refractivity (Wildman–Crippen MR) is 78.1 cm³/mol.